The summed E-state index contributed by atoms with van der Waals surface area (Å²) in [5.41, 5.74) is 2.37. The molecule has 0 bridgehead atoms. The molecule has 15 heavy (non-hydrogen) atoms. The molecule has 1 aromatic carbocycles. The SMILES string of the molecule is CCc1ccccc1C1=NC(C)(C)CO1. The molecule has 0 spiro atoms. The number of aryl methyl sites for hydroxylation is 1. The fourth-order valence-corrected chi connectivity index (χ4v) is 1.76. The third-order valence-electron chi connectivity index (χ3n) is 2.59. The molecule has 0 unspecified atom stereocenters. The number of nitrogens with zero attached hydrogens (tertiary/aromatic N) is 1. The van der Waals surface area contributed by atoms with Crippen molar-refractivity contribution in [3.05, 3.63) is 35.4 Å². The Morgan fingerprint density at radius 1 is 1.33 bits per heavy atom. The highest BCUT2D eigenvalue weighted by molar-refractivity contribution is 5.96. The van der Waals surface area contributed by atoms with E-state index in [0.717, 1.165) is 17.9 Å². The third-order valence-corrected chi connectivity index (χ3v) is 2.59. The smallest absolute Gasteiger partial charge is 0.217 e. The molecule has 0 saturated heterocycles. The zero-order valence-electron chi connectivity index (χ0n) is 9.58. The van der Waals surface area contributed by atoms with E-state index in [9.17, 15) is 0 Å². The Morgan fingerprint density at radius 2 is 2.07 bits per heavy atom. The molecule has 0 fully saturated rings. The predicted octanol–water partition coefficient (Wildman–Crippen LogP) is 2.80. The zero-order chi connectivity index (χ0) is 10.9. The highest BCUT2D eigenvalue weighted by atomic mass is 16.5. The van der Waals surface area contributed by atoms with E-state index in [4.69, 9.17) is 4.74 Å². The van der Waals surface area contributed by atoms with E-state index < -0.39 is 0 Å². The van der Waals surface area contributed by atoms with Gasteiger partial charge in [-0.3, -0.25) is 0 Å². The lowest BCUT2D eigenvalue weighted by molar-refractivity contribution is 0.279. The number of hydrogen-bond acceptors (Lipinski definition) is 2. The Labute approximate surface area is 91.0 Å². The Morgan fingerprint density at radius 3 is 2.67 bits per heavy atom. The monoisotopic (exact) mass is 203 g/mol. The molecule has 0 atom stereocenters. The molecule has 1 aliphatic rings. The number of aliphatic imine (C=N–C) groups is 1. The van der Waals surface area contributed by atoms with Crippen LogP contribution in [0.3, 0.4) is 0 Å². The zero-order valence-corrected chi connectivity index (χ0v) is 9.58. The second kappa shape index (κ2) is 3.69. The number of hydrogen-bond donors (Lipinski definition) is 0. The first-order valence-electron chi connectivity index (χ1n) is 5.43. The topological polar surface area (TPSA) is 21.6 Å². The quantitative estimate of drug-likeness (QED) is 0.724. The molecule has 0 aromatic heterocycles. The van der Waals surface area contributed by atoms with Crippen LogP contribution in [-0.4, -0.2) is 18.0 Å². The first-order valence-corrected chi connectivity index (χ1v) is 5.43. The van der Waals surface area contributed by atoms with Crippen LogP contribution in [0.5, 0.6) is 0 Å². The van der Waals surface area contributed by atoms with E-state index in [1.807, 2.05) is 6.07 Å². The van der Waals surface area contributed by atoms with Crippen molar-refractivity contribution in [2.24, 2.45) is 4.99 Å². The molecule has 0 radical (unpaired) electrons. The van der Waals surface area contributed by atoms with Crippen molar-refractivity contribution in [2.75, 3.05) is 6.61 Å². The van der Waals surface area contributed by atoms with Crippen LogP contribution >= 0.6 is 0 Å². The standard InChI is InChI=1S/C13H17NO/c1-4-10-7-5-6-8-11(10)12-14-13(2,3)9-15-12/h5-8H,4,9H2,1-3H3. The van der Waals surface area contributed by atoms with Crippen molar-refractivity contribution >= 4 is 5.90 Å². The van der Waals surface area contributed by atoms with Gasteiger partial charge in [0.15, 0.2) is 0 Å². The summed E-state index contributed by atoms with van der Waals surface area (Å²) in [6, 6.07) is 8.31. The molecule has 2 nitrogen and oxygen atoms in total. The molecule has 0 saturated carbocycles. The van der Waals surface area contributed by atoms with E-state index in [-0.39, 0.29) is 5.54 Å². The average molecular weight is 203 g/mol. The van der Waals surface area contributed by atoms with Gasteiger partial charge >= 0.3 is 0 Å². The lowest BCUT2D eigenvalue weighted by Gasteiger charge is -2.07. The third kappa shape index (κ3) is 2.04. The Hall–Kier alpha value is -1.31. The van der Waals surface area contributed by atoms with Crippen LogP contribution < -0.4 is 0 Å². The summed E-state index contributed by atoms with van der Waals surface area (Å²) in [5, 5.41) is 0. The summed E-state index contributed by atoms with van der Waals surface area (Å²) in [6.07, 6.45) is 1.01. The van der Waals surface area contributed by atoms with Gasteiger partial charge in [0.25, 0.3) is 0 Å². The molecule has 2 rings (SSSR count). The van der Waals surface area contributed by atoms with Crippen molar-refractivity contribution in [3.8, 4) is 0 Å². The van der Waals surface area contributed by atoms with Crippen LogP contribution in [0.2, 0.25) is 0 Å². The predicted molar refractivity (Wildman–Crippen MR) is 62.4 cm³/mol. The second-order valence-electron chi connectivity index (χ2n) is 4.53. The van der Waals surface area contributed by atoms with Crippen molar-refractivity contribution in [1.29, 1.82) is 0 Å². The highest BCUT2D eigenvalue weighted by Crippen LogP contribution is 2.22. The summed E-state index contributed by atoms with van der Waals surface area (Å²) < 4.78 is 5.65. The molecule has 2 heteroatoms. The van der Waals surface area contributed by atoms with Gasteiger partial charge in [-0.2, -0.15) is 0 Å². The van der Waals surface area contributed by atoms with Crippen LogP contribution in [0.1, 0.15) is 31.9 Å². The van der Waals surface area contributed by atoms with Crippen molar-refractivity contribution < 1.29 is 4.74 Å². The summed E-state index contributed by atoms with van der Waals surface area (Å²) >= 11 is 0. The van der Waals surface area contributed by atoms with Crippen LogP contribution in [-0.2, 0) is 11.2 Å². The first kappa shape index (κ1) is 10.2. The molecule has 80 valence electrons. The lowest BCUT2D eigenvalue weighted by atomic mass is 10.1. The lowest BCUT2D eigenvalue weighted by Crippen LogP contribution is -2.17. The van der Waals surface area contributed by atoms with Gasteiger partial charge in [0.1, 0.15) is 6.61 Å². The Balaban J connectivity index is 2.39. The van der Waals surface area contributed by atoms with Crippen LogP contribution in [0.15, 0.2) is 29.3 Å². The van der Waals surface area contributed by atoms with Crippen LogP contribution in [0.4, 0.5) is 0 Å². The van der Waals surface area contributed by atoms with E-state index in [1.54, 1.807) is 0 Å². The van der Waals surface area contributed by atoms with E-state index in [0.29, 0.717) is 6.61 Å². The maximum Gasteiger partial charge on any atom is 0.217 e. The number of ether oxygens (including phenoxy) is 1. The maximum atomic E-state index is 5.65. The fourth-order valence-electron chi connectivity index (χ4n) is 1.76. The molecule has 1 aromatic rings. The largest absolute Gasteiger partial charge is 0.475 e. The van der Waals surface area contributed by atoms with E-state index in [1.165, 1.54) is 5.56 Å². The van der Waals surface area contributed by atoms with Gasteiger partial charge in [0, 0.05) is 5.56 Å². The van der Waals surface area contributed by atoms with Gasteiger partial charge in [-0.15, -0.1) is 0 Å². The van der Waals surface area contributed by atoms with Crippen LogP contribution in [0.25, 0.3) is 0 Å². The summed E-state index contributed by atoms with van der Waals surface area (Å²) in [6.45, 7) is 7.02. The Bertz CT molecular complexity index is 393. The summed E-state index contributed by atoms with van der Waals surface area (Å²) in [5.74, 6) is 0.803. The molecule has 0 amide bonds. The fraction of sp³-hybridized carbons (Fsp3) is 0.462. The molecular formula is C13H17NO. The van der Waals surface area contributed by atoms with Gasteiger partial charge < -0.3 is 4.74 Å². The van der Waals surface area contributed by atoms with Crippen LogP contribution in [0, 0.1) is 0 Å². The van der Waals surface area contributed by atoms with Gasteiger partial charge in [-0.1, -0.05) is 25.1 Å². The molecule has 0 N–H and O–H groups in total. The van der Waals surface area contributed by atoms with Crippen molar-refractivity contribution in [2.45, 2.75) is 32.7 Å². The van der Waals surface area contributed by atoms with E-state index in [2.05, 4.69) is 44.0 Å². The first-order chi connectivity index (χ1) is 7.12. The minimum Gasteiger partial charge on any atom is -0.475 e. The van der Waals surface area contributed by atoms with Crippen molar-refractivity contribution in [1.82, 2.24) is 0 Å². The normalized spacial score (nSPS) is 18.5. The van der Waals surface area contributed by atoms with Gasteiger partial charge in [0.2, 0.25) is 5.90 Å². The minimum absolute atomic E-state index is 0.0732. The number of benzene rings is 1. The summed E-state index contributed by atoms with van der Waals surface area (Å²) in [7, 11) is 0. The van der Waals surface area contributed by atoms with Gasteiger partial charge in [-0.25, -0.2) is 4.99 Å². The van der Waals surface area contributed by atoms with Gasteiger partial charge in [-0.05, 0) is 31.9 Å². The average Bonchev–Trinajstić information content (AvgIpc) is 2.59. The molecule has 1 aliphatic heterocycles. The number of rotatable bonds is 2. The Kier molecular flexibility index (Phi) is 2.51. The van der Waals surface area contributed by atoms with E-state index >= 15 is 0 Å². The second-order valence-corrected chi connectivity index (χ2v) is 4.53. The highest BCUT2D eigenvalue weighted by Gasteiger charge is 2.27. The van der Waals surface area contributed by atoms with Gasteiger partial charge in [0.05, 0.1) is 5.54 Å². The summed E-state index contributed by atoms with van der Waals surface area (Å²) in [4.78, 5) is 4.59. The maximum absolute atomic E-state index is 5.65. The van der Waals surface area contributed by atoms with Crippen molar-refractivity contribution in [3.63, 3.8) is 0 Å². The molecule has 1 heterocycles. The minimum atomic E-state index is -0.0732. The molecular weight excluding hydrogens is 186 g/mol. The molecule has 0 aliphatic carbocycles.